The Morgan fingerprint density at radius 2 is 1.71 bits per heavy atom. The second kappa shape index (κ2) is 5.41. The highest BCUT2D eigenvalue weighted by Gasteiger charge is 2.45. The molecule has 2 fully saturated rings. The largest absolute Gasteiger partial charge is 0.354 e. The van der Waals surface area contributed by atoms with Gasteiger partial charge < -0.3 is 11.1 Å². The first-order valence-electron chi connectivity index (χ1n) is 7.87. The van der Waals surface area contributed by atoms with Crippen molar-refractivity contribution < 1.29 is 9.18 Å². The third kappa shape index (κ3) is 2.95. The van der Waals surface area contributed by atoms with Crippen LogP contribution in [0, 0.1) is 5.82 Å². The van der Waals surface area contributed by atoms with Gasteiger partial charge in [-0.15, -0.1) is 0 Å². The molecule has 2 saturated carbocycles. The summed E-state index contributed by atoms with van der Waals surface area (Å²) in [5.41, 5.74) is 6.67. The highest BCUT2D eigenvalue weighted by molar-refractivity contribution is 5.86. The van der Waals surface area contributed by atoms with Crippen molar-refractivity contribution in [2.45, 2.75) is 55.9 Å². The van der Waals surface area contributed by atoms with Crippen molar-refractivity contribution in [1.29, 1.82) is 0 Å². The van der Waals surface area contributed by atoms with E-state index in [-0.39, 0.29) is 17.1 Å². The van der Waals surface area contributed by atoms with Gasteiger partial charge in [0, 0.05) is 12.0 Å². The normalized spacial score (nSPS) is 22.6. The van der Waals surface area contributed by atoms with E-state index in [4.69, 9.17) is 5.73 Å². The molecule has 0 aromatic heterocycles. The summed E-state index contributed by atoms with van der Waals surface area (Å²) in [4.78, 5) is 12.4. The van der Waals surface area contributed by atoms with Crippen molar-refractivity contribution in [3.63, 3.8) is 0 Å². The number of hydrogen-bond acceptors (Lipinski definition) is 2. The van der Waals surface area contributed by atoms with Crippen molar-refractivity contribution in [2.75, 3.05) is 6.54 Å². The fourth-order valence-corrected chi connectivity index (χ4v) is 3.36. The standard InChI is InChI=1S/C17H23FN2O/c18-14-6-4-13(5-7-14)16(10-11-16)12-20-15(21)17(19)8-2-1-3-9-17/h4-7H,1-3,8-12,19H2,(H,20,21). The Hall–Kier alpha value is -1.42. The topological polar surface area (TPSA) is 55.1 Å². The quantitative estimate of drug-likeness (QED) is 0.895. The Kier molecular flexibility index (Phi) is 3.74. The molecule has 1 amide bonds. The van der Waals surface area contributed by atoms with Crippen LogP contribution in [0.4, 0.5) is 4.39 Å². The van der Waals surface area contributed by atoms with Crippen LogP contribution in [0.2, 0.25) is 0 Å². The Morgan fingerprint density at radius 3 is 2.29 bits per heavy atom. The Bertz CT molecular complexity index is 516. The molecule has 0 saturated heterocycles. The summed E-state index contributed by atoms with van der Waals surface area (Å²) >= 11 is 0. The average molecular weight is 290 g/mol. The average Bonchev–Trinajstić information content (AvgIpc) is 3.27. The van der Waals surface area contributed by atoms with Crippen molar-refractivity contribution in [2.24, 2.45) is 5.73 Å². The van der Waals surface area contributed by atoms with E-state index in [1.54, 1.807) is 0 Å². The molecular weight excluding hydrogens is 267 g/mol. The van der Waals surface area contributed by atoms with E-state index >= 15 is 0 Å². The first kappa shape index (κ1) is 14.5. The lowest BCUT2D eigenvalue weighted by Crippen LogP contribution is -2.56. The molecule has 0 aliphatic heterocycles. The maximum atomic E-state index is 13.0. The molecule has 0 radical (unpaired) electrons. The summed E-state index contributed by atoms with van der Waals surface area (Å²) in [6, 6.07) is 6.63. The van der Waals surface area contributed by atoms with E-state index in [2.05, 4.69) is 5.32 Å². The maximum absolute atomic E-state index is 13.0. The van der Waals surface area contributed by atoms with E-state index in [0.29, 0.717) is 6.54 Å². The zero-order valence-electron chi connectivity index (χ0n) is 12.3. The monoisotopic (exact) mass is 290 g/mol. The fraction of sp³-hybridized carbons (Fsp3) is 0.588. The number of nitrogens with one attached hydrogen (secondary N) is 1. The van der Waals surface area contributed by atoms with Gasteiger partial charge in [0.25, 0.3) is 0 Å². The van der Waals surface area contributed by atoms with Gasteiger partial charge in [-0.05, 0) is 43.4 Å². The summed E-state index contributed by atoms with van der Waals surface area (Å²) in [6.45, 7) is 0.608. The second-order valence-corrected chi connectivity index (χ2v) is 6.69. The van der Waals surface area contributed by atoms with Crippen LogP contribution in [0.5, 0.6) is 0 Å². The number of halogens is 1. The highest BCUT2D eigenvalue weighted by Crippen LogP contribution is 2.47. The minimum Gasteiger partial charge on any atom is -0.354 e. The Balaban J connectivity index is 1.62. The molecule has 1 aromatic rings. The van der Waals surface area contributed by atoms with Crippen LogP contribution in [0.15, 0.2) is 24.3 Å². The predicted octanol–water partition coefficient (Wildman–Crippen LogP) is 2.64. The minimum absolute atomic E-state index is 0.00557. The lowest BCUT2D eigenvalue weighted by molar-refractivity contribution is -0.127. The van der Waals surface area contributed by atoms with Crippen LogP contribution in [-0.2, 0) is 10.2 Å². The van der Waals surface area contributed by atoms with Crippen LogP contribution < -0.4 is 11.1 Å². The highest BCUT2D eigenvalue weighted by atomic mass is 19.1. The Morgan fingerprint density at radius 1 is 1.10 bits per heavy atom. The maximum Gasteiger partial charge on any atom is 0.240 e. The molecule has 3 N–H and O–H groups in total. The molecule has 0 heterocycles. The zero-order valence-corrected chi connectivity index (χ0v) is 12.3. The van der Waals surface area contributed by atoms with Crippen molar-refractivity contribution >= 4 is 5.91 Å². The third-order valence-electron chi connectivity index (χ3n) is 5.10. The SMILES string of the molecule is NC1(C(=O)NCC2(c3ccc(F)cc3)CC2)CCCCC1. The van der Waals surface area contributed by atoms with Crippen LogP contribution in [-0.4, -0.2) is 18.0 Å². The summed E-state index contributed by atoms with van der Waals surface area (Å²) in [7, 11) is 0. The molecule has 0 atom stereocenters. The fourth-order valence-electron chi connectivity index (χ4n) is 3.36. The number of hydrogen-bond donors (Lipinski definition) is 2. The van der Waals surface area contributed by atoms with Gasteiger partial charge in [0.15, 0.2) is 0 Å². The molecule has 3 rings (SSSR count). The molecule has 0 spiro atoms. The predicted molar refractivity (Wildman–Crippen MR) is 80.3 cm³/mol. The molecule has 114 valence electrons. The number of carbonyl (C=O) groups excluding carboxylic acids is 1. The molecule has 0 bridgehead atoms. The van der Waals surface area contributed by atoms with Gasteiger partial charge in [0.05, 0.1) is 5.54 Å². The number of benzene rings is 1. The van der Waals surface area contributed by atoms with Crippen LogP contribution in [0.25, 0.3) is 0 Å². The lowest BCUT2D eigenvalue weighted by atomic mass is 9.81. The van der Waals surface area contributed by atoms with Gasteiger partial charge in [-0.25, -0.2) is 4.39 Å². The zero-order chi connectivity index (χ0) is 14.9. The van der Waals surface area contributed by atoms with Gasteiger partial charge in [-0.3, -0.25) is 4.79 Å². The summed E-state index contributed by atoms with van der Waals surface area (Å²) in [5.74, 6) is -0.239. The van der Waals surface area contributed by atoms with Gasteiger partial charge in [0.2, 0.25) is 5.91 Å². The molecule has 1 aromatic carbocycles. The summed E-state index contributed by atoms with van der Waals surface area (Å²) in [5, 5.41) is 3.05. The summed E-state index contributed by atoms with van der Waals surface area (Å²) in [6.07, 6.45) is 6.88. The first-order chi connectivity index (χ1) is 10.0. The molecule has 2 aliphatic rings. The molecule has 2 aliphatic carbocycles. The van der Waals surface area contributed by atoms with E-state index in [9.17, 15) is 9.18 Å². The molecular formula is C17H23FN2O. The number of nitrogens with two attached hydrogens (primary N) is 1. The van der Waals surface area contributed by atoms with Crippen LogP contribution >= 0.6 is 0 Å². The van der Waals surface area contributed by atoms with Crippen LogP contribution in [0.3, 0.4) is 0 Å². The van der Waals surface area contributed by atoms with Gasteiger partial charge >= 0.3 is 0 Å². The third-order valence-corrected chi connectivity index (χ3v) is 5.10. The van der Waals surface area contributed by atoms with Crippen molar-refractivity contribution in [3.8, 4) is 0 Å². The van der Waals surface area contributed by atoms with E-state index in [1.165, 1.54) is 18.6 Å². The van der Waals surface area contributed by atoms with E-state index in [1.807, 2.05) is 12.1 Å². The van der Waals surface area contributed by atoms with E-state index < -0.39 is 5.54 Å². The van der Waals surface area contributed by atoms with Gasteiger partial charge in [-0.2, -0.15) is 0 Å². The number of amides is 1. The molecule has 3 nitrogen and oxygen atoms in total. The molecule has 21 heavy (non-hydrogen) atoms. The van der Waals surface area contributed by atoms with E-state index in [0.717, 1.165) is 44.1 Å². The minimum atomic E-state index is -0.683. The van der Waals surface area contributed by atoms with Gasteiger partial charge in [0.1, 0.15) is 5.82 Å². The lowest BCUT2D eigenvalue weighted by Gasteiger charge is -2.32. The van der Waals surface area contributed by atoms with Crippen LogP contribution in [0.1, 0.15) is 50.5 Å². The molecule has 0 unspecified atom stereocenters. The smallest absolute Gasteiger partial charge is 0.240 e. The second-order valence-electron chi connectivity index (χ2n) is 6.69. The summed E-state index contributed by atoms with van der Waals surface area (Å²) < 4.78 is 13.0. The first-order valence-corrected chi connectivity index (χ1v) is 7.87. The van der Waals surface area contributed by atoms with Gasteiger partial charge in [-0.1, -0.05) is 31.4 Å². The number of rotatable bonds is 4. The number of carbonyl (C=O) groups is 1. The van der Waals surface area contributed by atoms with Crippen molar-refractivity contribution in [1.82, 2.24) is 5.32 Å². The van der Waals surface area contributed by atoms with Crippen molar-refractivity contribution in [3.05, 3.63) is 35.6 Å². The molecule has 4 heteroatoms. The Labute approximate surface area is 125 Å².